The molecular weight excluding hydrogens is 524 g/mol. The first-order chi connectivity index (χ1) is 17.0. The average molecular weight is 539 g/mol. The molecule has 2 aromatic carbocycles. The number of ether oxygens (including phenoxy) is 2. The summed E-state index contributed by atoms with van der Waals surface area (Å²) in [5, 5.41) is 11.2. The Morgan fingerprint density at radius 3 is 2.22 bits per heavy atom. The first-order valence-electron chi connectivity index (χ1n) is 10.1. The van der Waals surface area contributed by atoms with E-state index in [1.807, 2.05) is 0 Å². The van der Waals surface area contributed by atoms with Gasteiger partial charge in [0.25, 0.3) is 11.7 Å². The maximum atomic E-state index is 13.1. The molecule has 1 amide bonds. The predicted molar refractivity (Wildman–Crippen MR) is 125 cm³/mol. The lowest BCUT2D eigenvalue weighted by atomic mass is 9.98. The molecule has 36 heavy (non-hydrogen) atoms. The summed E-state index contributed by atoms with van der Waals surface area (Å²) in [5.41, 5.74) is 0.0250. The second-order valence-electron chi connectivity index (χ2n) is 7.44. The Balaban J connectivity index is 1.86. The third-order valence-corrected chi connectivity index (χ3v) is 5.80. The quantitative estimate of drug-likeness (QED) is 0.246. The highest BCUT2D eigenvalue weighted by atomic mass is 35.5. The molecule has 1 unspecified atom stereocenters. The molecule has 7 nitrogen and oxygen atoms in total. The number of benzene rings is 2. The summed E-state index contributed by atoms with van der Waals surface area (Å²) in [7, 11) is 1.35. The molecule has 1 aromatic heterocycles. The van der Waals surface area contributed by atoms with Crippen LogP contribution in [0, 0.1) is 0 Å². The highest BCUT2D eigenvalue weighted by Gasteiger charge is 2.47. The Morgan fingerprint density at radius 2 is 1.69 bits per heavy atom. The van der Waals surface area contributed by atoms with Crippen molar-refractivity contribution in [3.8, 4) is 11.5 Å². The number of nitrogens with zero attached hydrogens (tertiary/aromatic N) is 2. The summed E-state index contributed by atoms with van der Waals surface area (Å²) in [4.78, 5) is 31.5. The van der Waals surface area contributed by atoms with E-state index >= 15 is 0 Å². The van der Waals surface area contributed by atoms with E-state index < -0.39 is 35.6 Å². The maximum Gasteiger partial charge on any atom is 0.573 e. The number of alkyl halides is 3. The number of aliphatic hydroxyl groups is 1. The fourth-order valence-electron chi connectivity index (χ4n) is 3.77. The molecule has 1 fully saturated rings. The van der Waals surface area contributed by atoms with Gasteiger partial charge in [-0.25, -0.2) is 0 Å². The van der Waals surface area contributed by atoms with Gasteiger partial charge in [0, 0.05) is 17.4 Å². The van der Waals surface area contributed by atoms with Gasteiger partial charge in [0.2, 0.25) is 0 Å². The van der Waals surface area contributed by atoms with Crippen LogP contribution in [0.2, 0.25) is 10.0 Å². The fourth-order valence-corrected chi connectivity index (χ4v) is 4.41. The van der Waals surface area contributed by atoms with E-state index in [9.17, 15) is 27.9 Å². The summed E-state index contributed by atoms with van der Waals surface area (Å²) in [6.07, 6.45) is -3.48. The summed E-state index contributed by atoms with van der Waals surface area (Å²) in [6, 6.07) is 10.5. The van der Waals surface area contributed by atoms with E-state index in [0.29, 0.717) is 0 Å². The lowest BCUT2D eigenvalue weighted by Gasteiger charge is -2.25. The van der Waals surface area contributed by atoms with E-state index in [1.54, 1.807) is 12.1 Å². The summed E-state index contributed by atoms with van der Waals surface area (Å²) in [5.74, 6) is -3.00. The van der Waals surface area contributed by atoms with Gasteiger partial charge in [-0.3, -0.25) is 19.5 Å². The standard InChI is InChI=1S/C24H15Cl2F3N2O5/c1-35-22-15(25)10-12(11-16(22)26)20(32)18-19(17-4-2-3-9-30-17)31(23(34)21(18)33)13-5-7-14(8-6-13)36-24(27,28)29/h2-11,19,32H,1H3/b20-18+. The molecule has 3 aromatic rings. The zero-order valence-corrected chi connectivity index (χ0v) is 19.7. The van der Waals surface area contributed by atoms with Gasteiger partial charge in [-0.2, -0.15) is 0 Å². The smallest absolute Gasteiger partial charge is 0.507 e. The molecule has 1 aliphatic heterocycles. The number of hydrogen-bond acceptors (Lipinski definition) is 6. The minimum absolute atomic E-state index is 0.0404. The molecule has 1 N–H and O–H groups in total. The fraction of sp³-hybridized carbons (Fsp3) is 0.125. The second kappa shape index (κ2) is 9.71. The Hall–Kier alpha value is -3.76. The monoisotopic (exact) mass is 538 g/mol. The van der Waals surface area contributed by atoms with E-state index in [-0.39, 0.29) is 38.3 Å². The third kappa shape index (κ3) is 4.82. The van der Waals surface area contributed by atoms with Crippen LogP contribution in [0.25, 0.3) is 5.76 Å². The number of halogens is 5. The van der Waals surface area contributed by atoms with Crippen molar-refractivity contribution in [1.29, 1.82) is 0 Å². The Kier molecular flexibility index (Phi) is 6.83. The molecule has 186 valence electrons. The average Bonchev–Trinajstić information content (AvgIpc) is 3.09. The van der Waals surface area contributed by atoms with E-state index in [4.69, 9.17) is 27.9 Å². The van der Waals surface area contributed by atoms with Crippen molar-refractivity contribution in [2.24, 2.45) is 0 Å². The van der Waals surface area contributed by atoms with Gasteiger partial charge in [0.15, 0.2) is 5.75 Å². The van der Waals surface area contributed by atoms with Crippen LogP contribution in [0.1, 0.15) is 17.3 Å². The van der Waals surface area contributed by atoms with Crippen molar-refractivity contribution in [3.05, 3.63) is 87.7 Å². The lowest BCUT2D eigenvalue weighted by Crippen LogP contribution is -2.29. The molecule has 1 saturated heterocycles. The van der Waals surface area contributed by atoms with Crippen molar-refractivity contribution >= 4 is 46.3 Å². The predicted octanol–water partition coefficient (Wildman–Crippen LogP) is 5.92. The lowest BCUT2D eigenvalue weighted by molar-refractivity contribution is -0.274. The number of aliphatic hydroxyl groups excluding tert-OH is 1. The number of pyridine rings is 1. The van der Waals surface area contributed by atoms with Gasteiger partial charge in [0.1, 0.15) is 17.6 Å². The molecule has 0 spiro atoms. The van der Waals surface area contributed by atoms with Crippen LogP contribution in [0.15, 0.2) is 66.4 Å². The van der Waals surface area contributed by atoms with Gasteiger partial charge < -0.3 is 14.6 Å². The summed E-state index contributed by atoms with van der Waals surface area (Å²) in [6.45, 7) is 0. The van der Waals surface area contributed by atoms with E-state index in [0.717, 1.165) is 17.0 Å². The molecule has 12 heteroatoms. The van der Waals surface area contributed by atoms with Gasteiger partial charge in [0.05, 0.1) is 28.4 Å². The zero-order valence-electron chi connectivity index (χ0n) is 18.2. The van der Waals surface area contributed by atoms with Crippen molar-refractivity contribution in [2.75, 3.05) is 12.0 Å². The largest absolute Gasteiger partial charge is 0.573 e. The first kappa shape index (κ1) is 25.3. The highest BCUT2D eigenvalue weighted by molar-refractivity contribution is 6.51. The number of anilines is 1. The number of methoxy groups -OCH3 is 1. The Morgan fingerprint density at radius 1 is 1.06 bits per heavy atom. The van der Waals surface area contributed by atoms with E-state index in [2.05, 4.69) is 9.72 Å². The van der Waals surface area contributed by atoms with Crippen LogP contribution < -0.4 is 14.4 Å². The number of amides is 1. The number of hydrogen-bond donors (Lipinski definition) is 1. The third-order valence-electron chi connectivity index (χ3n) is 5.24. The molecule has 4 rings (SSSR count). The Labute approximate surface area is 212 Å². The first-order valence-corrected chi connectivity index (χ1v) is 10.9. The van der Waals surface area contributed by atoms with Gasteiger partial charge in [-0.05, 0) is 48.5 Å². The maximum absolute atomic E-state index is 13.1. The van der Waals surface area contributed by atoms with Crippen LogP contribution in [0.4, 0.5) is 18.9 Å². The molecule has 1 atom stereocenters. The molecule has 0 aliphatic carbocycles. The minimum Gasteiger partial charge on any atom is -0.507 e. The van der Waals surface area contributed by atoms with Crippen molar-refractivity contribution < 1.29 is 37.3 Å². The zero-order chi connectivity index (χ0) is 26.2. The molecule has 2 heterocycles. The SMILES string of the molecule is COc1c(Cl)cc(/C(O)=C2\C(=O)C(=O)N(c3ccc(OC(F)(F)F)cc3)C2c2ccccn2)cc1Cl. The molecule has 0 bridgehead atoms. The highest BCUT2D eigenvalue weighted by Crippen LogP contribution is 2.43. The topological polar surface area (TPSA) is 89.0 Å². The molecule has 0 saturated carbocycles. The van der Waals surface area contributed by atoms with E-state index in [1.165, 1.54) is 43.6 Å². The number of Topliss-reactive ketones (excluding diaryl/α,β-unsaturated/α-hetero) is 1. The Bertz CT molecular complexity index is 1340. The number of rotatable bonds is 5. The van der Waals surface area contributed by atoms with Crippen LogP contribution >= 0.6 is 23.2 Å². The summed E-state index contributed by atoms with van der Waals surface area (Å²) >= 11 is 12.4. The van der Waals surface area contributed by atoms with Crippen LogP contribution in [0.5, 0.6) is 11.5 Å². The van der Waals surface area contributed by atoms with Crippen molar-refractivity contribution in [3.63, 3.8) is 0 Å². The van der Waals surface area contributed by atoms with Crippen molar-refractivity contribution in [2.45, 2.75) is 12.4 Å². The van der Waals surface area contributed by atoms with Crippen LogP contribution in [-0.2, 0) is 9.59 Å². The van der Waals surface area contributed by atoms with Crippen LogP contribution in [-0.4, -0.2) is 35.3 Å². The van der Waals surface area contributed by atoms with Crippen LogP contribution in [0.3, 0.4) is 0 Å². The number of carbonyl (C=O) groups excluding carboxylic acids is 2. The normalized spacial score (nSPS) is 17.4. The second-order valence-corrected chi connectivity index (χ2v) is 8.25. The molecular formula is C24H15Cl2F3N2O5. The van der Waals surface area contributed by atoms with Gasteiger partial charge >= 0.3 is 6.36 Å². The van der Waals surface area contributed by atoms with Crippen molar-refractivity contribution in [1.82, 2.24) is 4.98 Å². The van der Waals surface area contributed by atoms with Gasteiger partial charge in [-0.1, -0.05) is 29.3 Å². The number of ketones is 1. The number of carbonyl (C=O) groups is 2. The molecule has 0 radical (unpaired) electrons. The minimum atomic E-state index is -4.90. The summed E-state index contributed by atoms with van der Waals surface area (Å²) < 4.78 is 46.6. The van der Waals surface area contributed by atoms with Gasteiger partial charge in [-0.15, -0.1) is 13.2 Å². The molecule has 1 aliphatic rings. The number of aromatic nitrogens is 1.